The summed E-state index contributed by atoms with van der Waals surface area (Å²) < 4.78 is 27.8. The predicted octanol–water partition coefficient (Wildman–Crippen LogP) is 5.88. The molecule has 0 radical (unpaired) electrons. The van der Waals surface area contributed by atoms with Gasteiger partial charge in [-0.25, -0.2) is 9.37 Å². The molecule has 57 heavy (non-hydrogen) atoms. The van der Waals surface area contributed by atoms with Crippen LogP contribution >= 0.6 is 35.0 Å². The molecule has 14 nitrogen and oxygen atoms in total. The Bertz CT molecular complexity index is 2250. The van der Waals surface area contributed by atoms with Crippen LogP contribution < -0.4 is 15.8 Å². The third-order valence-electron chi connectivity index (χ3n) is 10.2. The fourth-order valence-electron chi connectivity index (χ4n) is 7.17. The number of ether oxygens (including phenoxy) is 2. The Labute approximate surface area is 341 Å². The van der Waals surface area contributed by atoms with E-state index in [-0.39, 0.29) is 70.6 Å². The molecule has 298 valence electrons. The fraction of sp³-hybridized carbons (Fsp3) is 0.359. The Morgan fingerprint density at radius 1 is 1.05 bits per heavy atom. The van der Waals surface area contributed by atoms with Crippen LogP contribution in [0.25, 0.3) is 11.1 Å². The van der Waals surface area contributed by atoms with E-state index in [1.165, 1.54) is 23.9 Å². The molecule has 0 bridgehead atoms. The minimum absolute atomic E-state index is 0.00342. The van der Waals surface area contributed by atoms with Crippen molar-refractivity contribution in [3.8, 4) is 16.9 Å². The van der Waals surface area contributed by atoms with E-state index in [0.717, 1.165) is 23.3 Å². The predicted molar refractivity (Wildman–Crippen MR) is 209 cm³/mol. The van der Waals surface area contributed by atoms with Crippen molar-refractivity contribution >= 4 is 70.3 Å². The minimum Gasteiger partial charge on any atom is -0.482 e. The van der Waals surface area contributed by atoms with Crippen molar-refractivity contribution in [1.82, 2.24) is 29.9 Å². The number of nitrogens with two attached hydrogens (primary N) is 1. The van der Waals surface area contributed by atoms with Crippen LogP contribution in [-0.2, 0) is 19.1 Å². The molecule has 2 atom stereocenters. The molecule has 4 aromatic rings. The number of piperidine rings is 2. The third kappa shape index (κ3) is 8.49. The highest BCUT2D eigenvalue weighted by Crippen LogP contribution is 2.38. The summed E-state index contributed by atoms with van der Waals surface area (Å²) >= 11 is 13.8. The lowest BCUT2D eigenvalue weighted by Crippen LogP contribution is -2.54. The lowest BCUT2D eigenvalue weighted by Gasteiger charge is -2.32. The number of nitrogen functional groups attached to an aromatic ring is 1. The average molecular weight is 839 g/mol. The van der Waals surface area contributed by atoms with Crippen molar-refractivity contribution in [2.45, 2.75) is 62.1 Å². The number of nitrogens with zero attached hydrogens (tertiary/aromatic N) is 5. The highest BCUT2D eigenvalue weighted by Gasteiger charge is 2.45. The van der Waals surface area contributed by atoms with Crippen LogP contribution in [-0.4, -0.2) is 92.2 Å². The van der Waals surface area contributed by atoms with E-state index in [1.54, 1.807) is 43.6 Å². The standard InChI is InChI=1S/C39H38Cl2FN7O7S/c1-21(33-26(40)5-6-27(42)35(33)41)56-29-17-22(18-44-36(29)43)23-19-45-48(20-23)24-9-12-47(13-10-24)32(51)11-14-55-15-16-57-30-4-2-3-25-34(30)39(54)49(38(25)53)28-7-8-31(50)46-37(28)52/h2-6,17-21,24,28H,7-16H2,1H3,(H2,43,44)(H,46,50,52). The largest absolute Gasteiger partial charge is 0.482 e. The molecule has 2 aromatic heterocycles. The molecule has 0 spiro atoms. The van der Waals surface area contributed by atoms with Crippen LogP contribution in [0, 0.1) is 5.82 Å². The third-order valence-corrected chi connectivity index (χ3v) is 11.9. The lowest BCUT2D eigenvalue weighted by molar-refractivity contribution is -0.136. The second-order valence-electron chi connectivity index (χ2n) is 13.8. The number of imide groups is 2. The normalized spacial score (nSPS) is 17.9. The van der Waals surface area contributed by atoms with Crippen LogP contribution in [0.1, 0.15) is 77.5 Å². The molecule has 3 N–H and O–H groups in total. The maximum absolute atomic E-state index is 14.1. The van der Waals surface area contributed by atoms with Crippen LogP contribution in [0.2, 0.25) is 10.0 Å². The Hall–Kier alpha value is -5.03. The first-order chi connectivity index (χ1) is 27.4. The zero-order valence-electron chi connectivity index (χ0n) is 30.7. The van der Waals surface area contributed by atoms with Gasteiger partial charge in [-0.05, 0) is 56.5 Å². The molecule has 0 saturated carbocycles. The second kappa shape index (κ2) is 17.2. The molecule has 0 aliphatic carbocycles. The van der Waals surface area contributed by atoms with Gasteiger partial charge in [-0.3, -0.25) is 38.9 Å². The number of nitrogens with one attached hydrogen (secondary N) is 1. The summed E-state index contributed by atoms with van der Waals surface area (Å²) in [6.07, 6.45) is 6.35. The number of thioether (sulfide) groups is 1. The number of rotatable bonds is 13. The number of halogens is 3. The number of aromatic nitrogens is 3. The van der Waals surface area contributed by atoms with Gasteiger partial charge in [0.15, 0.2) is 11.6 Å². The highest BCUT2D eigenvalue weighted by molar-refractivity contribution is 7.99. The SMILES string of the molecule is CC(Oc1cc(-c2cnn(C3CCN(C(=O)CCOCCSc4cccc5c4C(=O)N(C4CCC(=O)NC4=O)C5=O)CC3)c2)cnc1N)c1c(Cl)ccc(F)c1Cl. The van der Waals surface area contributed by atoms with Gasteiger partial charge in [-0.2, -0.15) is 5.10 Å². The number of hydrogen-bond donors (Lipinski definition) is 2. The maximum atomic E-state index is 14.1. The zero-order chi connectivity index (χ0) is 40.4. The number of benzene rings is 2. The smallest absolute Gasteiger partial charge is 0.263 e. The van der Waals surface area contributed by atoms with E-state index in [4.69, 9.17) is 38.4 Å². The molecule has 5 heterocycles. The summed E-state index contributed by atoms with van der Waals surface area (Å²) in [6.45, 7) is 3.38. The van der Waals surface area contributed by atoms with Crippen molar-refractivity contribution in [1.29, 1.82) is 0 Å². The van der Waals surface area contributed by atoms with Gasteiger partial charge < -0.3 is 20.1 Å². The van der Waals surface area contributed by atoms with E-state index in [9.17, 15) is 28.4 Å². The first-order valence-corrected chi connectivity index (χ1v) is 20.1. The summed E-state index contributed by atoms with van der Waals surface area (Å²) in [5, 5.41) is 6.93. The molecule has 3 aliphatic heterocycles. The van der Waals surface area contributed by atoms with Gasteiger partial charge in [-0.1, -0.05) is 29.3 Å². The molecular formula is C39H38Cl2FN7O7S. The zero-order valence-corrected chi connectivity index (χ0v) is 33.0. The quantitative estimate of drug-likeness (QED) is 0.0712. The van der Waals surface area contributed by atoms with E-state index in [2.05, 4.69) is 15.4 Å². The Morgan fingerprint density at radius 2 is 1.84 bits per heavy atom. The molecule has 2 fully saturated rings. The van der Waals surface area contributed by atoms with Gasteiger partial charge in [0.05, 0.1) is 48.0 Å². The topological polar surface area (TPSA) is 179 Å². The number of likely N-dealkylation sites (tertiary alicyclic amines) is 1. The number of fused-ring (bicyclic) bond motifs is 1. The van der Waals surface area contributed by atoms with Gasteiger partial charge in [0.25, 0.3) is 11.8 Å². The molecular weight excluding hydrogens is 800 g/mol. The van der Waals surface area contributed by atoms with Crippen molar-refractivity contribution in [2.75, 3.05) is 37.8 Å². The molecule has 3 aliphatic rings. The molecule has 5 amide bonds. The van der Waals surface area contributed by atoms with Gasteiger partial charge in [0.1, 0.15) is 18.0 Å². The Morgan fingerprint density at radius 3 is 2.61 bits per heavy atom. The lowest BCUT2D eigenvalue weighted by atomic mass is 10.0. The van der Waals surface area contributed by atoms with Crippen LogP contribution in [0.4, 0.5) is 10.2 Å². The van der Waals surface area contributed by atoms with Gasteiger partial charge in [0.2, 0.25) is 17.7 Å². The summed E-state index contributed by atoms with van der Waals surface area (Å²) in [7, 11) is 0. The Balaban J connectivity index is 0.851. The number of pyridine rings is 1. The minimum atomic E-state index is -1.03. The number of carbonyl (C=O) groups is 5. The summed E-state index contributed by atoms with van der Waals surface area (Å²) in [6, 6.07) is 8.39. The number of amides is 5. The van der Waals surface area contributed by atoms with E-state index in [1.807, 2.05) is 15.8 Å². The first-order valence-electron chi connectivity index (χ1n) is 18.3. The van der Waals surface area contributed by atoms with Crippen molar-refractivity contribution in [3.05, 3.63) is 87.5 Å². The highest BCUT2D eigenvalue weighted by atomic mass is 35.5. The van der Waals surface area contributed by atoms with Gasteiger partial charge in [-0.15, -0.1) is 11.8 Å². The molecule has 18 heteroatoms. The average Bonchev–Trinajstić information content (AvgIpc) is 3.79. The molecule has 2 saturated heterocycles. The van der Waals surface area contributed by atoms with Crippen molar-refractivity contribution in [2.24, 2.45) is 0 Å². The fourth-order valence-corrected chi connectivity index (χ4v) is 8.79. The number of anilines is 1. The monoisotopic (exact) mass is 837 g/mol. The van der Waals surface area contributed by atoms with Gasteiger partial charge >= 0.3 is 0 Å². The molecule has 7 rings (SSSR count). The van der Waals surface area contributed by atoms with Crippen LogP contribution in [0.15, 0.2) is 59.9 Å². The molecule has 2 aromatic carbocycles. The number of hydrogen-bond acceptors (Lipinski definition) is 11. The van der Waals surface area contributed by atoms with E-state index < -0.39 is 41.6 Å². The van der Waals surface area contributed by atoms with Crippen LogP contribution in [0.5, 0.6) is 5.75 Å². The second-order valence-corrected chi connectivity index (χ2v) is 15.7. The summed E-state index contributed by atoms with van der Waals surface area (Å²) in [5.41, 5.74) is 8.39. The van der Waals surface area contributed by atoms with E-state index in [0.29, 0.717) is 41.5 Å². The van der Waals surface area contributed by atoms with Crippen molar-refractivity contribution < 1.29 is 37.8 Å². The molecule has 2 unspecified atom stereocenters. The summed E-state index contributed by atoms with van der Waals surface area (Å²) in [4.78, 5) is 71.0. The Kier molecular flexibility index (Phi) is 12.1. The van der Waals surface area contributed by atoms with Gasteiger partial charge in [0, 0.05) is 64.3 Å². The van der Waals surface area contributed by atoms with Crippen LogP contribution in [0.3, 0.4) is 0 Å². The van der Waals surface area contributed by atoms with Crippen molar-refractivity contribution in [3.63, 3.8) is 0 Å². The summed E-state index contributed by atoms with van der Waals surface area (Å²) in [5.74, 6) is -1.89. The maximum Gasteiger partial charge on any atom is 0.263 e. The first kappa shape index (κ1) is 40.2. The van der Waals surface area contributed by atoms with E-state index >= 15 is 0 Å². The number of carbonyl (C=O) groups excluding carboxylic acids is 5.